The van der Waals surface area contributed by atoms with E-state index < -0.39 is 0 Å². The highest BCUT2D eigenvalue weighted by atomic mass is 16.7. The summed E-state index contributed by atoms with van der Waals surface area (Å²) in [6, 6.07) is 0. The highest BCUT2D eigenvalue weighted by Crippen LogP contribution is 2.38. The van der Waals surface area contributed by atoms with Crippen molar-refractivity contribution in [3.63, 3.8) is 0 Å². The van der Waals surface area contributed by atoms with Crippen molar-refractivity contribution in [3.05, 3.63) is 0 Å². The van der Waals surface area contributed by atoms with Gasteiger partial charge in [-0.25, -0.2) is 0 Å². The van der Waals surface area contributed by atoms with Crippen LogP contribution in [0.15, 0.2) is 0 Å². The molecular formula is C10H18O2. The van der Waals surface area contributed by atoms with Gasteiger partial charge in [-0.2, -0.15) is 0 Å². The first-order valence-corrected chi connectivity index (χ1v) is 5.12. The smallest absolute Gasteiger partial charge is 0.168 e. The van der Waals surface area contributed by atoms with E-state index in [1.54, 1.807) is 0 Å². The van der Waals surface area contributed by atoms with E-state index in [0.29, 0.717) is 0 Å². The zero-order chi connectivity index (χ0) is 8.44. The van der Waals surface area contributed by atoms with Crippen LogP contribution >= 0.6 is 0 Å². The highest BCUT2D eigenvalue weighted by Gasteiger charge is 2.41. The van der Waals surface area contributed by atoms with Crippen molar-refractivity contribution in [3.8, 4) is 0 Å². The van der Waals surface area contributed by atoms with Gasteiger partial charge in [-0.3, -0.25) is 0 Å². The van der Waals surface area contributed by atoms with Gasteiger partial charge in [-0.1, -0.05) is 13.3 Å². The van der Waals surface area contributed by atoms with E-state index in [2.05, 4.69) is 6.92 Å². The van der Waals surface area contributed by atoms with Gasteiger partial charge in [0.05, 0.1) is 13.2 Å². The van der Waals surface area contributed by atoms with Crippen molar-refractivity contribution in [2.24, 2.45) is 5.92 Å². The van der Waals surface area contributed by atoms with Crippen LogP contribution in [0, 0.1) is 5.92 Å². The van der Waals surface area contributed by atoms with Crippen LogP contribution in [-0.4, -0.2) is 19.0 Å². The van der Waals surface area contributed by atoms with E-state index in [0.717, 1.165) is 32.0 Å². The second-order valence-electron chi connectivity index (χ2n) is 4.01. The SMILES string of the molecule is CCC1COC2(CCCCO2)C1. The lowest BCUT2D eigenvalue weighted by atomic mass is 9.96. The maximum Gasteiger partial charge on any atom is 0.168 e. The summed E-state index contributed by atoms with van der Waals surface area (Å²) in [5.74, 6) is 0.585. The Labute approximate surface area is 74.2 Å². The fraction of sp³-hybridized carbons (Fsp3) is 1.00. The number of rotatable bonds is 1. The predicted octanol–water partition coefficient (Wildman–Crippen LogP) is 2.33. The van der Waals surface area contributed by atoms with Gasteiger partial charge in [0, 0.05) is 12.8 Å². The third-order valence-electron chi connectivity index (χ3n) is 3.08. The van der Waals surface area contributed by atoms with Gasteiger partial charge in [0.15, 0.2) is 5.79 Å². The summed E-state index contributed by atoms with van der Waals surface area (Å²) in [7, 11) is 0. The summed E-state index contributed by atoms with van der Waals surface area (Å²) < 4.78 is 11.5. The first kappa shape index (κ1) is 8.52. The van der Waals surface area contributed by atoms with Crippen LogP contribution in [0.25, 0.3) is 0 Å². The van der Waals surface area contributed by atoms with Gasteiger partial charge in [0.2, 0.25) is 0 Å². The minimum absolute atomic E-state index is 0.154. The zero-order valence-electron chi connectivity index (χ0n) is 7.84. The lowest BCUT2D eigenvalue weighted by Crippen LogP contribution is -2.35. The lowest BCUT2D eigenvalue weighted by molar-refractivity contribution is -0.229. The summed E-state index contributed by atoms with van der Waals surface area (Å²) in [5.41, 5.74) is 0. The van der Waals surface area contributed by atoms with Crippen molar-refractivity contribution in [1.82, 2.24) is 0 Å². The fourth-order valence-corrected chi connectivity index (χ4v) is 2.19. The summed E-state index contributed by atoms with van der Waals surface area (Å²) in [4.78, 5) is 0. The third kappa shape index (κ3) is 1.50. The Bertz CT molecular complexity index is 150. The zero-order valence-corrected chi connectivity index (χ0v) is 7.84. The lowest BCUT2D eigenvalue weighted by Gasteiger charge is -2.32. The molecule has 2 aliphatic rings. The molecule has 2 heteroatoms. The van der Waals surface area contributed by atoms with Gasteiger partial charge in [-0.15, -0.1) is 0 Å². The minimum atomic E-state index is -0.154. The predicted molar refractivity (Wildman–Crippen MR) is 46.9 cm³/mol. The van der Waals surface area contributed by atoms with Crippen LogP contribution in [0.3, 0.4) is 0 Å². The summed E-state index contributed by atoms with van der Waals surface area (Å²) in [5, 5.41) is 0. The summed E-state index contributed by atoms with van der Waals surface area (Å²) in [6.07, 6.45) is 5.95. The quantitative estimate of drug-likeness (QED) is 0.601. The molecule has 12 heavy (non-hydrogen) atoms. The fourth-order valence-electron chi connectivity index (χ4n) is 2.19. The van der Waals surface area contributed by atoms with Gasteiger partial charge < -0.3 is 9.47 Å². The van der Waals surface area contributed by atoms with E-state index in [4.69, 9.17) is 9.47 Å². The molecule has 2 nitrogen and oxygen atoms in total. The van der Waals surface area contributed by atoms with Crippen LogP contribution in [0.4, 0.5) is 0 Å². The molecule has 0 N–H and O–H groups in total. The molecule has 0 aromatic carbocycles. The van der Waals surface area contributed by atoms with Gasteiger partial charge in [0.1, 0.15) is 0 Å². The molecule has 0 saturated carbocycles. The van der Waals surface area contributed by atoms with E-state index in [1.807, 2.05) is 0 Å². The Kier molecular flexibility index (Phi) is 2.37. The standard InChI is InChI=1S/C10H18O2/c1-2-9-7-10(12-8-9)5-3-4-6-11-10/h9H,2-8H2,1H3. The Morgan fingerprint density at radius 2 is 2.25 bits per heavy atom. The molecule has 70 valence electrons. The molecule has 2 fully saturated rings. The maximum atomic E-state index is 5.76. The molecule has 2 unspecified atom stereocenters. The van der Waals surface area contributed by atoms with Crippen LogP contribution in [0.2, 0.25) is 0 Å². The van der Waals surface area contributed by atoms with Crippen molar-refractivity contribution in [2.45, 2.75) is 44.8 Å². The van der Waals surface area contributed by atoms with Crippen LogP contribution in [0.5, 0.6) is 0 Å². The Morgan fingerprint density at radius 3 is 2.83 bits per heavy atom. The summed E-state index contributed by atoms with van der Waals surface area (Å²) in [6.45, 7) is 4.04. The molecule has 0 aromatic rings. The monoisotopic (exact) mass is 170 g/mol. The molecule has 2 aliphatic heterocycles. The van der Waals surface area contributed by atoms with Crippen molar-refractivity contribution in [2.75, 3.05) is 13.2 Å². The molecule has 2 rings (SSSR count). The minimum Gasteiger partial charge on any atom is -0.350 e. The van der Waals surface area contributed by atoms with E-state index in [1.165, 1.54) is 19.3 Å². The first-order chi connectivity index (χ1) is 5.85. The first-order valence-electron chi connectivity index (χ1n) is 5.12. The normalized spacial score (nSPS) is 42.2. The van der Waals surface area contributed by atoms with Gasteiger partial charge >= 0.3 is 0 Å². The highest BCUT2D eigenvalue weighted by molar-refractivity contribution is 4.82. The molecule has 2 atom stereocenters. The Balaban J connectivity index is 1.94. The molecule has 0 aromatic heterocycles. The second kappa shape index (κ2) is 3.35. The van der Waals surface area contributed by atoms with Crippen molar-refractivity contribution in [1.29, 1.82) is 0 Å². The van der Waals surface area contributed by atoms with Crippen molar-refractivity contribution >= 4 is 0 Å². The molecule has 0 bridgehead atoms. The Hall–Kier alpha value is -0.0800. The molecule has 1 spiro atoms. The number of ether oxygens (including phenoxy) is 2. The van der Waals surface area contributed by atoms with Crippen molar-refractivity contribution < 1.29 is 9.47 Å². The molecule has 0 aliphatic carbocycles. The molecular weight excluding hydrogens is 152 g/mol. The third-order valence-corrected chi connectivity index (χ3v) is 3.08. The largest absolute Gasteiger partial charge is 0.350 e. The summed E-state index contributed by atoms with van der Waals surface area (Å²) >= 11 is 0. The molecule has 0 radical (unpaired) electrons. The molecule has 2 saturated heterocycles. The average Bonchev–Trinajstić information content (AvgIpc) is 2.50. The van der Waals surface area contributed by atoms with E-state index in [9.17, 15) is 0 Å². The van der Waals surface area contributed by atoms with Gasteiger partial charge in [-0.05, 0) is 18.8 Å². The number of hydrogen-bond acceptors (Lipinski definition) is 2. The molecule has 0 amide bonds. The number of hydrogen-bond donors (Lipinski definition) is 0. The average molecular weight is 170 g/mol. The van der Waals surface area contributed by atoms with E-state index >= 15 is 0 Å². The second-order valence-corrected chi connectivity index (χ2v) is 4.01. The Morgan fingerprint density at radius 1 is 1.33 bits per heavy atom. The molecule has 2 heterocycles. The topological polar surface area (TPSA) is 18.5 Å². The van der Waals surface area contributed by atoms with Crippen LogP contribution < -0.4 is 0 Å². The van der Waals surface area contributed by atoms with E-state index in [-0.39, 0.29) is 5.79 Å². The van der Waals surface area contributed by atoms with Crippen LogP contribution in [0.1, 0.15) is 39.0 Å². The maximum absolute atomic E-state index is 5.76. The van der Waals surface area contributed by atoms with Gasteiger partial charge in [0.25, 0.3) is 0 Å². The van der Waals surface area contributed by atoms with Crippen LogP contribution in [-0.2, 0) is 9.47 Å².